The highest BCUT2D eigenvalue weighted by Crippen LogP contribution is 2.34. The zero-order chi connectivity index (χ0) is 16.4. The van der Waals surface area contributed by atoms with E-state index < -0.39 is 4.92 Å². The van der Waals surface area contributed by atoms with E-state index in [0.29, 0.717) is 17.1 Å². The van der Waals surface area contributed by atoms with Crippen molar-refractivity contribution in [2.45, 2.75) is 6.92 Å². The highest BCUT2D eigenvalue weighted by Gasteiger charge is 2.18. The van der Waals surface area contributed by atoms with Crippen LogP contribution in [0.1, 0.15) is 5.56 Å². The predicted molar refractivity (Wildman–Crippen MR) is 85.3 cm³/mol. The Morgan fingerprint density at radius 3 is 2.22 bits per heavy atom. The lowest BCUT2D eigenvalue weighted by Gasteiger charge is -1.98. The summed E-state index contributed by atoms with van der Waals surface area (Å²) in [5.74, 6) is 0.713. The monoisotopic (exact) mass is 310 g/mol. The average Bonchev–Trinajstić information content (AvgIpc) is 3.00. The minimum absolute atomic E-state index is 0.0231. The highest BCUT2D eigenvalue weighted by molar-refractivity contribution is 5.68. The molecule has 116 valence electrons. The average molecular weight is 310 g/mol. The van der Waals surface area contributed by atoms with Crippen molar-refractivity contribution in [1.29, 1.82) is 0 Å². The third-order valence-corrected chi connectivity index (χ3v) is 3.43. The van der Waals surface area contributed by atoms with Crippen LogP contribution in [-0.2, 0) is 0 Å². The van der Waals surface area contributed by atoms with Gasteiger partial charge < -0.3 is 9.15 Å². The van der Waals surface area contributed by atoms with Crippen LogP contribution in [0.15, 0.2) is 52.9 Å². The SMILES string of the molecule is COc1oc(-c2ccc(C)cc2)nc1-c1ccc([N+](=O)[O-])cc1. The molecule has 0 unspecified atom stereocenters. The number of benzene rings is 2. The lowest BCUT2D eigenvalue weighted by Crippen LogP contribution is -1.88. The highest BCUT2D eigenvalue weighted by atomic mass is 16.6. The van der Waals surface area contributed by atoms with E-state index in [-0.39, 0.29) is 11.6 Å². The molecular formula is C17H14N2O4. The number of oxazole rings is 1. The number of nitrogens with zero attached hydrogens (tertiary/aromatic N) is 2. The fraction of sp³-hybridized carbons (Fsp3) is 0.118. The first-order valence-corrected chi connectivity index (χ1v) is 6.95. The molecule has 0 atom stereocenters. The number of aromatic nitrogens is 1. The number of rotatable bonds is 4. The predicted octanol–water partition coefficient (Wildman–Crippen LogP) is 4.23. The zero-order valence-electron chi connectivity index (χ0n) is 12.6. The van der Waals surface area contributed by atoms with Gasteiger partial charge in [-0.3, -0.25) is 10.1 Å². The van der Waals surface area contributed by atoms with Crippen LogP contribution >= 0.6 is 0 Å². The van der Waals surface area contributed by atoms with Gasteiger partial charge in [0, 0.05) is 23.3 Å². The Morgan fingerprint density at radius 2 is 1.65 bits per heavy atom. The maximum atomic E-state index is 10.7. The molecule has 1 heterocycles. The minimum Gasteiger partial charge on any atom is -0.467 e. The topological polar surface area (TPSA) is 78.4 Å². The summed E-state index contributed by atoms with van der Waals surface area (Å²) in [6.45, 7) is 2.00. The Balaban J connectivity index is 2.02. The molecule has 1 aromatic heterocycles. The Kier molecular flexibility index (Phi) is 3.80. The van der Waals surface area contributed by atoms with Gasteiger partial charge in [0.1, 0.15) is 0 Å². The fourth-order valence-corrected chi connectivity index (χ4v) is 2.19. The van der Waals surface area contributed by atoms with Gasteiger partial charge in [0.05, 0.1) is 12.0 Å². The fourth-order valence-electron chi connectivity index (χ4n) is 2.19. The molecule has 3 rings (SSSR count). The van der Waals surface area contributed by atoms with Crippen LogP contribution in [0.2, 0.25) is 0 Å². The molecule has 0 N–H and O–H groups in total. The molecule has 0 amide bonds. The van der Waals surface area contributed by atoms with Crippen molar-refractivity contribution in [3.8, 4) is 28.7 Å². The van der Waals surface area contributed by atoms with Gasteiger partial charge in [-0.15, -0.1) is 0 Å². The second kappa shape index (κ2) is 5.92. The molecule has 0 saturated heterocycles. The van der Waals surface area contributed by atoms with E-state index in [9.17, 15) is 10.1 Å². The standard InChI is InChI=1S/C17H14N2O4/c1-11-3-5-13(6-4-11)16-18-15(17(22-2)23-16)12-7-9-14(10-8-12)19(20)21/h3-10H,1-2H3. The van der Waals surface area contributed by atoms with Crippen molar-refractivity contribution in [2.75, 3.05) is 7.11 Å². The van der Waals surface area contributed by atoms with Crippen LogP contribution in [0.4, 0.5) is 5.69 Å². The third kappa shape index (κ3) is 2.91. The number of methoxy groups -OCH3 is 1. The molecule has 6 heteroatoms. The number of nitro groups is 1. The Hall–Kier alpha value is -3.15. The van der Waals surface area contributed by atoms with Gasteiger partial charge in [-0.1, -0.05) is 17.7 Å². The quantitative estimate of drug-likeness (QED) is 0.532. The second-order valence-corrected chi connectivity index (χ2v) is 5.03. The summed E-state index contributed by atoms with van der Waals surface area (Å²) in [7, 11) is 1.49. The number of non-ortho nitro benzene ring substituents is 1. The summed E-state index contributed by atoms with van der Waals surface area (Å²) in [6.07, 6.45) is 0. The molecule has 23 heavy (non-hydrogen) atoms. The molecule has 0 radical (unpaired) electrons. The van der Waals surface area contributed by atoms with Crippen molar-refractivity contribution >= 4 is 5.69 Å². The van der Waals surface area contributed by atoms with Gasteiger partial charge in [0.15, 0.2) is 5.69 Å². The molecule has 0 saturated carbocycles. The van der Waals surface area contributed by atoms with Crippen LogP contribution in [-0.4, -0.2) is 17.0 Å². The second-order valence-electron chi connectivity index (χ2n) is 5.03. The van der Waals surface area contributed by atoms with Crippen LogP contribution in [0.3, 0.4) is 0 Å². The normalized spacial score (nSPS) is 10.5. The molecule has 0 bridgehead atoms. The molecule has 6 nitrogen and oxygen atoms in total. The molecular weight excluding hydrogens is 296 g/mol. The number of hydrogen-bond acceptors (Lipinski definition) is 5. The molecule has 0 aliphatic carbocycles. The summed E-state index contributed by atoms with van der Waals surface area (Å²) >= 11 is 0. The zero-order valence-corrected chi connectivity index (χ0v) is 12.6. The molecule has 0 fully saturated rings. The van der Waals surface area contributed by atoms with Crippen LogP contribution in [0, 0.1) is 17.0 Å². The summed E-state index contributed by atoms with van der Waals surface area (Å²) < 4.78 is 10.9. The largest absolute Gasteiger partial charge is 0.467 e. The molecule has 0 spiro atoms. The number of aryl methyl sites for hydroxylation is 1. The van der Waals surface area contributed by atoms with E-state index in [2.05, 4.69) is 4.98 Å². The van der Waals surface area contributed by atoms with Gasteiger partial charge in [0.25, 0.3) is 5.69 Å². The summed E-state index contributed by atoms with van der Waals surface area (Å²) in [6, 6.07) is 13.9. The van der Waals surface area contributed by atoms with Gasteiger partial charge in [-0.25, -0.2) is 4.98 Å². The van der Waals surface area contributed by atoms with Gasteiger partial charge >= 0.3 is 5.95 Å². The maximum absolute atomic E-state index is 10.7. The maximum Gasteiger partial charge on any atom is 0.313 e. The first-order chi connectivity index (χ1) is 11.1. The lowest BCUT2D eigenvalue weighted by atomic mass is 10.1. The van der Waals surface area contributed by atoms with Crippen LogP contribution in [0.25, 0.3) is 22.7 Å². The first kappa shape index (κ1) is 14.8. The molecule has 0 aliphatic heterocycles. The van der Waals surface area contributed by atoms with E-state index in [0.717, 1.165) is 11.1 Å². The van der Waals surface area contributed by atoms with Crippen molar-refractivity contribution in [1.82, 2.24) is 4.98 Å². The van der Waals surface area contributed by atoms with Crippen molar-refractivity contribution in [2.24, 2.45) is 0 Å². The molecule has 2 aromatic carbocycles. The van der Waals surface area contributed by atoms with Crippen molar-refractivity contribution < 1.29 is 14.1 Å². The number of ether oxygens (including phenoxy) is 1. The van der Waals surface area contributed by atoms with E-state index in [4.69, 9.17) is 9.15 Å². The van der Waals surface area contributed by atoms with Crippen molar-refractivity contribution in [3.05, 3.63) is 64.2 Å². The van der Waals surface area contributed by atoms with Gasteiger partial charge in [-0.05, 0) is 31.2 Å². The first-order valence-electron chi connectivity index (χ1n) is 6.95. The van der Waals surface area contributed by atoms with E-state index >= 15 is 0 Å². The molecule has 0 aliphatic rings. The van der Waals surface area contributed by atoms with Crippen LogP contribution < -0.4 is 4.74 Å². The van der Waals surface area contributed by atoms with Gasteiger partial charge in [0.2, 0.25) is 5.89 Å². The number of hydrogen-bond donors (Lipinski definition) is 0. The Bertz CT molecular complexity index is 836. The Morgan fingerprint density at radius 1 is 1.04 bits per heavy atom. The number of nitro benzene ring substituents is 1. The van der Waals surface area contributed by atoms with E-state index in [1.54, 1.807) is 12.1 Å². The smallest absolute Gasteiger partial charge is 0.313 e. The van der Waals surface area contributed by atoms with Crippen LogP contribution in [0.5, 0.6) is 5.95 Å². The summed E-state index contributed by atoms with van der Waals surface area (Å²) in [5.41, 5.74) is 3.20. The third-order valence-electron chi connectivity index (χ3n) is 3.43. The Labute approximate surface area is 132 Å². The van der Waals surface area contributed by atoms with Gasteiger partial charge in [-0.2, -0.15) is 0 Å². The summed E-state index contributed by atoms with van der Waals surface area (Å²) in [4.78, 5) is 14.8. The van der Waals surface area contributed by atoms with Crippen molar-refractivity contribution in [3.63, 3.8) is 0 Å². The minimum atomic E-state index is -0.443. The van der Waals surface area contributed by atoms with E-state index in [1.807, 2.05) is 31.2 Å². The molecule has 3 aromatic rings. The lowest BCUT2D eigenvalue weighted by molar-refractivity contribution is -0.384. The van der Waals surface area contributed by atoms with E-state index in [1.165, 1.54) is 19.2 Å². The summed E-state index contributed by atoms with van der Waals surface area (Å²) in [5, 5.41) is 10.7.